The van der Waals surface area contributed by atoms with Crippen LogP contribution in [0.1, 0.15) is 11.1 Å². The van der Waals surface area contributed by atoms with Crippen LogP contribution in [0.3, 0.4) is 0 Å². The number of nitrogens with one attached hydrogen (secondary N) is 1. The van der Waals surface area contributed by atoms with Crippen LogP contribution < -0.4 is 19.7 Å². The number of pyridine rings is 1. The third-order valence-electron chi connectivity index (χ3n) is 3.60. The van der Waals surface area contributed by atoms with Gasteiger partial charge in [-0.25, -0.2) is 4.98 Å². The minimum absolute atomic E-state index is 0.0789. The zero-order valence-electron chi connectivity index (χ0n) is 14.5. The van der Waals surface area contributed by atoms with Crippen molar-refractivity contribution >= 4 is 11.7 Å². The quantitative estimate of drug-likeness (QED) is 0.842. The topological polar surface area (TPSA) is 63.7 Å². The number of carbonyl (C=O) groups is 1. The summed E-state index contributed by atoms with van der Waals surface area (Å²) in [6.45, 7) is 0.453. The minimum atomic E-state index is -0.0789. The van der Waals surface area contributed by atoms with Crippen LogP contribution in [-0.2, 0) is 17.8 Å². The molecule has 0 aliphatic carbocycles. The highest BCUT2D eigenvalue weighted by Gasteiger charge is 2.10. The molecule has 2 aromatic rings. The van der Waals surface area contributed by atoms with Crippen LogP contribution in [0.4, 0.5) is 5.82 Å². The van der Waals surface area contributed by atoms with E-state index in [-0.39, 0.29) is 12.3 Å². The molecule has 0 unspecified atom stereocenters. The molecule has 1 amide bonds. The second-order valence-corrected chi connectivity index (χ2v) is 5.55. The summed E-state index contributed by atoms with van der Waals surface area (Å²) in [5, 5.41) is 2.92. The maximum absolute atomic E-state index is 12.2. The van der Waals surface area contributed by atoms with Crippen molar-refractivity contribution in [2.24, 2.45) is 0 Å². The molecular formula is C18H23N3O3. The van der Waals surface area contributed by atoms with Crippen molar-refractivity contribution in [1.29, 1.82) is 0 Å². The van der Waals surface area contributed by atoms with E-state index >= 15 is 0 Å². The lowest BCUT2D eigenvalue weighted by molar-refractivity contribution is -0.120. The van der Waals surface area contributed by atoms with Gasteiger partial charge in [0.15, 0.2) is 0 Å². The van der Waals surface area contributed by atoms with E-state index in [1.807, 2.05) is 37.2 Å². The molecule has 6 nitrogen and oxygen atoms in total. The van der Waals surface area contributed by atoms with E-state index in [0.29, 0.717) is 18.0 Å². The summed E-state index contributed by atoms with van der Waals surface area (Å²) in [6.07, 6.45) is 1.97. The van der Waals surface area contributed by atoms with Gasteiger partial charge in [0.25, 0.3) is 0 Å². The average Bonchev–Trinajstić information content (AvgIpc) is 2.60. The van der Waals surface area contributed by atoms with Gasteiger partial charge in [-0.05, 0) is 35.9 Å². The lowest BCUT2D eigenvalue weighted by Crippen LogP contribution is -2.25. The smallest absolute Gasteiger partial charge is 0.224 e. The summed E-state index contributed by atoms with van der Waals surface area (Å²) in [5.41, 5.74) is 1.79. The van der Waals surface area contributed by atoms with E-state index in [1.54, 1.807) is 32.5 Å². The number of ether oxygens (including phenoxy) is 2. The number of aromatic nitrogens is 1. The number of anilines is 1. The van der Waals surface area contributed by atoms with Crippen LogP contribution in [-0.4, -0.2) is 39.2 Å². The Morgan fingerprint density at radius 1 is 1.17 bits per heavy atom. The van der Waals surface area contributed by atoms with Crippen LogP contribution in [0, 0.1) is 0 Å². The summed E-state index contributed by atoms with van der Waals surface area (Å²) in [5.74, 6) is 2.15. The Hall–Kier alpha value is -2.76. The lowest BCUT2D eigenvalue weighted by atomic mass is 10.1. The molecule has 2 rings (SSSR count). The Morgan fingerprint density at radius 3 is 2.62 bits per heavy atom. The number of rotatable bonds is 7. The van der Waals surface area contributed by atoms with Crippen molar-refractivity contribution in [1.82, 2.24) is 10.3 Å². The normalized spacial score (nSPS) is 10.2. The fourth-order valence-electron chi connectivity index (χ4n) is 2.27. The average molecular weight is 329 g/mol. The molecule has 1 aromatic carbocycles. The van der Waals surface area contributed by atoms with Crippen molar-refractivity contribution in [3.05, 3.63) is 47.7 Å². The number of carbonyl (C=O) groups excluding carboxylic acids is 1. The monoisotopic (exact) mass is 329 g/mol. The van der Waals surface area contributed by atoms with Gasteiger partial charge in [-0.15, -0.1) is 0 Å². The van der Waals surface area contributed by atoms with Crippen molar-refractivity contribution in [2.75, 3.05) is 33.2 Å². The maximum Gasteiger partial charge on any atom is 0.224 e. The number of hydrogen-bond donors (Lipinski definition) is 1. The number of hydrogen-bond acceptors (Lipinski definition) is 5. The van der Waals surface area contributed by atoms with Crippen molar-refractivity contribution < 1.29 is 14.3 Å². The van der Waals surface area contributed by atoms with E-state index in [4.69, 9.17) is 9.47 Å². The molecule has 24 heavy (non-hydrogen) atoms. The SMILES string of the molecule is COc1ccc(OC)c(CC(=O)NCc2ccnc(N(C)C)c2)c1. The Bertz CT molecular complexity index is 702. The lowest BCUT2D eigenvalue weighted by Gasteiger charge is -2.13. The minimum Gasteiger partial charge on any atom is -0.497 e. The van der Waals surface area contributed by atoms with Crippen molar-refractivity contribution in [2.45, 2.75) is 13.0 Å². The molecule has 0 bridgehead atoms. The molecule has 1 aromatic heterocycles. The summed E-state index contributed by atoms with van der Waals surface area (Å²) >= 11 is 0. The first kappa shape index (κ1) is 17.6. The molecule has 0 radical (unpaired) electrons. The zero-order valence-corrected chi connectivity index (χ0v) is 14.5. The van der Waals surface area contributed by atoms with Crippen LogP contribution in [0.25, 0.3) is 0 Å². The second-order valence-electron chi connectivity index (χ2n) is 5.55. The molecule has 0 spiro atoms. The summed E-state index contributed by atoms with van der Waals surface area (Å²) in [4.78, 5) is 18.4. The fourth-order valence-corrected chi connectivity index (χ4v) is 2.27. The summed E-state index contributed by atoms with van der Waals surface area (Å²) in [6, 6.07) is 9.26. The molecule has 0 aliphatic rings. The van der Waals surface area contributed by atoms with Gasteiger partial charge in [-0.3, -0.25) is 4.79 Å². The molecule has 0 fully saturated rings. The Labute approximate surface area is 142 Å². The van der Waals surface area contributed by atoms with Crippen molar-refractivity contribution in [3.63, 3.8) is 0 Å². The highest BCUT2D eigenvalue weighted by Crippen LogP contribution is 2.24. The highest BCUT2D eigenvalue weighted by molar-refractivity contribution is 5.79. The molecule has 0 atom stereocenters. The van der Waals surface area contributed by atoms with E-state index in [0.717, 1.165) is 16.9 Å². The third-order valence-corrected chi connectivity index (χ3v) is 3.60. The fraction of sp³-hybridized carbons (Fsp3) is 0.333. The molecule has 1 N–H and O–H groups in total. The molecule has 128 valence electrons. The molecule has 1 heterocycles. The van der Waals surface area contributed by atoms with Gasteiger partial charge >= 0.3 is 0 Å². The Balaban J connectivity index is 2.00. The molecule has 0 saturated carbocycles. The summed E-state index contributed by atoms with van der Waals surface area (Å²) < 4.78 is 10.5. The zero-order chi connectivity index (χ0) is 17.5. The number of amides is 1. The number of methoxy groups -OCH3 is 2. The van der Waals surface area contributed by atoms with Crippen LogP contribution >= 0.6 is 0 Å². The summed E-state index contributed by atoms with van der Waals surface area (Å²) in [7, 11) is 7.04. The first-order valence-corrected chi connectivity index (χ1v) is 7.63. The number of nitrogens with zero attached hydrogens (tertiary/aromatic N) is 2. The highest BCUT2D eigenvalue weighted by atomic mass is 16.5. The Morgan fingerprint density at radius 2 is 1.96 bits per heavy atom. The van der Waals surface area contributed by atoms with Gasteiger partial charge in [0.1, 0.15) is 17.3 Å². The largest absolute Gasteiger partial charge is 0.497 e. The maximum atomic E-state index is 12.2. The molecular weight excluding hydrogens is 306 g/mol. The van der Waals surface area contributed by atoms with Crippen molar-refractivity contribution in [3.8, 4) is 11.5 Å². The van der Waals surface area contributed by atoms with E-state index in [9.17, 15) is 4.79 Å². The number of benzene rings is 1. The Kier molecular flexibility index (Phi) is 6.01. The van der Waals surface area contributed by atoms with Gasteiger partial charge in [0.2, 0.25) is 5.91 Å². The van der Waals surface area contributed by atoms with Gasteiger partial charge in [0.05, 0.1) is 20.6 Å². The predicted molar refractivity (Wildman–Crippen MR) is 93.7 cm³/mol. The first-order chi connectivity index (χ1) is 11.5. The first-order valence-electron chi connectivity index (χ1n) is 7.63. The van der Waals surface area contributed by atoms with E-state index in [1.165, 1.54) is 0 Å². The van der Waals surface area contributed by atoms with Crippen LogP contribution in [0.5, 0.6) is 11.5 Å². The second kappa shape index (κ2) is 8.19. The van der Waals surface area contributed by atoms with Gasteiger partial charge in [0, 0.05) is 32.4 Å². The van der Waals surface area contributed by atoms with Gasteiger partial charge < -0.3 is 19.7 Å². The van der Waals surface area contributed by atoms with Gasteiger partial charge in [-0.1, -0.05) is 0 Å². The molecule has 6 heteroatoms. The predicted octanol–water partition coefficient (Wildman–Crippen LogP) is 2.02. The van der Waals surface area contributed by atoms with E-state index < -0.39 is 0 Å². The van der Waals surface area contributed by atoms with Crippen LogP contribution in [0.2, 0.25) is 0 Å². The molecule has 0 saturated heterocycles. The van der Waals surface area contributed by atoms with Crippen LogP contribution in [0.15, 0.2) is 36.5 Å². The standard InChI is InChI=1S/C18H23N3O3/c1-21(2)17-9-13(7-8-19-17)12-20-18(22)11-14-10-15(23-3)5-6-16(14)24-4/h5-10H,11-12H2,1-4H3,(H,20,22). The van der Waals surface area contributed by atoms with Gasteiger partial charge in [-0.2, -0.15) is 0 Å². The van der Waals surface area contributed by atoms with E-state index in [2.05, 4.69) is 10.3 Å². The molecule has 0 aliphatic heterocycles. The third kappa shape index (κ3) is 4.62.